The number of Topliss-reactive ketones (excluding diaryl/α,β-unsaturated/α-hetero) is 1. The van der Waals surface area contributed by atoms with Gasteiger partial charge >= 0.3 is 0 Å². The van der Waals surface area contributed by atoms with Gasteiger partial charge in [-0.1, -0.05) is 20.4 Å². The SMILES string of the molecule is C=CC(=O)N(C)CCCC(C)CC(=O)CC. The van der Waals surface area contributed by atoms with E-state index in [1.54, 1.807) is 11.9 Å². The summed E-state index contributed by atoms with van der Waals surface area (Å²) in [5, 5.41) is 0. The molecule has 0 radical (unpaired) electrons. The summed E-state index contributed by atoms with van der Waals surface area (Å²) in [7, 11) is 1.77. The lowest BCUT2D eigenvalue weighted by molar-refractivity contribution is -0.125. The zero-order valence-corrected chi connectivity index (χ0v) is 10.7. The van der Waals surface area contributed by atoms with Gasteiger partial charge in [0.05, 0.1) is 0 Å². The molecule has 0 spiro atoms. The quantitative estimate of drug-likeness (QED) is 0.595. The number of amides is 1. The maximum atomic E-state index is 11.2. The predicted molar refractivity (Wildman–Crippen MR) is 66.1 cm³/mol. The second-order valence-electron chi connectivity index (χ2n) is 4.31. The maximum Gasteiger partial charge on any atom is 0.245 e. The first-order valence-electron chi connectivity index (χ1n) is 5.90. The van der Waals surface area contributed by atoms with Crippen LogP contribution in [0.1, 0.15) is 39.5 Å². The fourth-order valence-corrected chi connectivity index (χ4v) is 1.58. The minimum atomic E-state index is -0.0442. The Morgan fingerprint density at radius 1 is 1.44 bits per heavy atom. The van der Waals surface area contributed by atoms with E-state index in [1.165, 1.54) is 6.08 Å². The maximum absolute atomic E-state index is 11.2. The Kier molecular flexibility index (Phi) is 7.52. The molecule has 0 fully saturated rings. The third kappa shape index (κ3) is 6.38. The monoisotopic (exact) mass is 225 g/mol. The van der Waals surface area contributed by atoms with Gasteiger partial charge in [-0.15, -0.1) is 0 Å². The van der Waals surface area contributed by atoms with Gasteiger partial charge in [0.1, 0.15) is 5.78 Å². The molecule has 0 bridgehead atoms. The van der Waals surface area contributed by atoms with Crippen LogP contribution in [0, 0.1) is 5.92 Å². The molecule has 92 valence electrons. The molecule has 0 aliphatic carbocycles. The van der Waals surface area contributed by atoms with Crippen LogP contribution in [0.3, 0.4) is 0 Å². The van der Waals surface area contributed by atoms with Crippen LogP contribution in [0.15, 0.2) is 12.7 Å². The molecular weight excluding hydrogens is 202 g/mol. The van der Waals surface area contributed by atoms with Gasteiger partial charge in [-0.05, 0) is 24.8 Å². The molecule has 0 heterocycles. The van der Waals surface area contributed by atoms with Gasteiger partial charge in [-0.25, -0.2) is 0 Å². The number of nitrogens with zero attached hydrogens (tertiary/aromatic N) is 1. The van der Waals surface area contributed by atoms with Gasteiger partial charge in [-0.3, -0.25) is 9.59 Å². The van der Waals surface area contributed by atoms with E-state index in [0.717, 1.165) is 19.4 Å². The lowest BCUT2D eigenvalue weighted by atomic mass is 9.98. The van der Waals surface area contributed by atoms with E-state index in [0.29, 0.717) is 24.5 Å². The zero-order chi connectivity index (χ0) is 12.6. The molecule has 1 unspecified atom stereocenters. The summed E-state index contributed by atoms with van der Waals surface area (Å²) in [4.78, 5) is 24.0. The molecule has 1 amide bonds. The van der Waals surface area contributed by atoms with E-state index < -0.39 is 0 Å². The molecule has 0 aromatic rings. The van der Waals surface area contributed by atoms with Crippen molar-refractivity contribution in [2.45, 2.75) is 39.5 Å². The minimum Gasteiger partial charge on any atom is -0.342 e. The van der Waals surface area contributed by atoms with Gasteiger partial charge in [-0.2, -0.15) is 0 Å². The highest BCUT2D eigenvalue weighted by molar-refractivity contribution is 5.86. The highest BCUT2D eigenvalue weighted by Crippen LogP contribution is 2.12. The molecule has 0 aromatic carbocycles. The van der Waals surface area contributed by atoms with E-state index in [2.05, 4.69) is 13.5 Å². The minimum absolute atomic E-state index is 0.0442. The third-order valence-electron chi connectivity index (χ3n) is 2.71. The van der Waals surface area contributed by atoms with Crippen LogP contribution >= 0.6 is 0 Å². The number of rotatable bonds is 8. The molecule has 16 heavy (non-hydrogen) atoms. The van der Waals surface area contributed by atoms with Crippen LogP contribution < -0.4 is 0 Å². The number of hydrogen-bond acceptors (Lipinski definition) is 2. The molecule has 3 nitrogen and oxygen atoms in total. The Morgan fingerprint density at radius 3 is 2.56 bits per heavy atom. The topological polar surface area (TPSA) is 37.4 Å². The average molecular weight is 225 g/mol. The Morgan fingerprint density at radius 2 is 2.06 bits per heavy atom. The zero-order valence-electron chi connectivity index (χ0n) is 10.7. The van der Waals surface area contributed by atoms with E-state index in [-0.39, 0.29) is 5.91 Å². The van der Waals surface area contributed by atoms with Gasteiger partial charge in [0.25, 0.3) is 0 Å². The van der Waals surface area contributed by atoms with Crippen molar-refractivity contribution >= 4 is 11.7 Å². The fraction of sp³-hybridized carbons (Fsp3) is 0.692. The lowest BCUT2D eigenvalue weighted by Gasteiger charge is -2.16. The van der Waals surface area contributed by atoms with E-state index >= 15 is 0 Å². The Labute approximate surface area is 98.5 Å². The highest BCUT2D eigenvalue weighted by atomic mass is 16.2. The second kappa shape index (κ2) is 8.08. The normalized spacial score (nSPS) is 11.9. The summed E-state index contributed by atoms with van der Waals surface area (Å²) in [6.45, 7) is 8.15. The summed E-state index contributed by atoms with van der Waals surface area (Å²) in [6, 6.07) is 0. The number of likely N-dealkylation sites (N-methyl/N-ethyl adjacent to an activating group) is 1. The van der Waals surface area contributed by atoms with Crippen molar-refractivity contribution in [3.63, 3.8) is 0 Å². The first-order valence-corrected chi connectivity index (χ1v) is 5.90. The molecule has 0 saturated carbocycles. The van der Waals surface area contributed by atoms with Crippen LogP contribution in [0.5, 0.6) is 0 Å². The summed E-state index contributed by atoms with van der Waals surface area (Å²) < 4.78 is 0. The van der Waals surface area contributed by atoms with Crippen LogP contribution in [0.2, 0.25) is 0 Å². The van der Waals surface area contributed by atoms with E-state index in [4.69, 9.17) is 0 Å². The first kappa shape index (κ1) is 14.9. The smallest absolute Gasteiger partial charge is 0.245 e. The van der Waals surface area contributed by atoms with Crippen molar-refractivity contribution in [3.8, 4) is 0 Å². The number of carbonyl (C=O) groups is 2. The van der Waals surface area contributed by atoms with Gasteiger partial charge in [0, 0.05) is 26.4 Å². The number of hydrogen-bond donors (Lipinski definition) is 0. The summed E-state index contributed by atoms with van der Waals surface area (Å²) in [5.41, 5.74) is 0. The predicted octanol–water partition coefficient (Wildman–Crippen LogP) is 2.42. The molecule has 3 heteroatoms. The lowest BCUT2D eigenvalue weighted by Crippen LogP contribution is -2.26. The van der Waals surface area contributed by atoms with Crippen molar-refractivity contribution in [1.82, 2.24) is 4.90 Å². The Balaban J connectivity index is 3.69. The van der Waals surface area contributed by atoms with Gasteiger partial charge in [0.2, 0.25) is 5.91 Å². The highest BCUT2D eigenvalue weighted by Gasteiger charge is 2.09. The largest absolute Gasteiger partial charge is 0.342 e. The number of ketones is 1. The molecule has 0 saturated heterocycles. The van der Waals surface area contributed by atoms with Crippen molar-refractivity contribution in [3.05, 3.63) is 12.7 Å². The summed E-state index contributed by atoms with van der Waals surface area (Å²) in [6.07, 6.45) is 4.54. The molecule has 1 atom stereocenters. The van der Waals surface area contributed by atoms with Crippen LogP contribution in [-0.2, 0) is 9.59 Å². The molecule has 0 aliphatic heterocycles. The average Bonchev–Trinajstić information content (AvgIpc) is 2.27. The Bertz CT molecular complexity index is 248. The molecule has 0 rings (SSSR count). The van der Waals surface area contributed by atoms with Crippen LogP contribution in [-0.4, -0.2) is 30.2 Å². The van der Waals surface area contributed by atoms with Crippen molar-refractivity contribution in [1.29, 1.82) is 0 Å². The number of carbonyl (C=O) groups excluding carboxylic acids is 2. The standard InChI is InChI=1S/C13H23NO2/c1-5-12(15)10-11(3)8-7-9-14(4)13(16)6-2/h6,11H,2,5,7-10H2,1,3-4H3. The molecular formula is C13H23NO2. The van der Waals surface area contributed by atoms with Gasteiger partial charge < -0.3 is 4.90 Å². The molecule has 0 aromatic heterocycles. The van der Waals surface area contributed by atoms with Crippen molar-refractivity contribution in [2.75, 3.05) is 13.6 Å². The van der Waals surface area contributed by atoms with Crippen molar-refractivity contribution < 1.29 is 9.59 Å². The summed E-state index contributed by atoms with van der Waals surface area (Å²) in [5.74, 6) is 0.694. The third-order valence-corrected chi connectivity index (χ3v) is 2.71. The van der Waals surface area contributed by atoms with Crippen molar-refractivity contribution in [2.24, 2.45) is 5.92 Å². The van der Waals surface area contributed by atoms with Gasteiger partial charge in [0.15, 0.2) is 0 Å². The van der Waals surface area contributed by atoms with Crippen LogP contribution in [0.25, 0.3) is 0 Å². The van der Waals surface area contributed by atoms with E-state index in [9.17, 15) is 9.59 Å². The van der Waals surface area contributed by atoms with Crippen LogP contribution in [0.4, 0.5) is 0 Å². The summed E-state index contributed by atoms with van der Waals surface area (Å²) >= 11 is 0. The second-order valence-corrected chi connectivity index (χ2v) is 4.31. The first-order chi connectivity index (χ1) is 7.51. The molecule has 0 N–H and O–H groups in total. The fourth-order valence-electron chi connectivity index (χ4n) is 1.58. The van der Waals surface area contributed by atoms with E-state index in [1.807, 2.05) is 6.92 Å². The Hall–Kier alpha value is -1.12. The molecule has 0 aliphatic rings.